The van der Waals surface area contributed by atoms with Gasteiger partial charge in [0.25, 0.3) is 0 Å². The van der Waals surface area contributed by atoms with Crippen LogP contribution in [0.25, 0.3) is 10.9 Å². The summed E-state index contributed by atoms with van der Waals surface area (Å²) in [7, 11) is 0. The number of hydrogen-bond donors (Lipinski definition) is 0. The Balaban J connectivity index is 1.75. The smallest absolute Gasteiger partial charge is 0.238 e. The topological polar surface area (TPSA) is 30.0 Å². The molecule has 20 heavy (non-hydrogen) atoms. The molecule has 0 saturated carbocycles. The molecule has 0 spiro atoms. The lowest BCUT2D eigenvalue weighted by Gasteiger charge is -2.02. The zero-order chi connectivity index (χ0) is 13.8. The Kier molecular flexibility index (Phi) is 3.79. The van der Waals surface area contributed by atoms with Crippen molar-refractivity contribution in [3.63, 3.8) is 0 Å². The van der Waals surface area contributed by atoms with Crippen LogP contribution in [-0.2, 0) is 5.75 Å². The number of carbonyl (C=O) groups excluding carboxylic acids is 1. The van der Waals surface area contributed by atoms with Crippen molar-refractivity contribution < 1.29 is 4.79 Å². The summed E-state index contributed by atoms with van der Waals surface area (Å²) in [6.07, 6.45) is 0. The van der Waals surface area contributed by atoms with Crippen molar-refractivity contribution in [2.75, 3.05) is 0 Å². The summed E-state index contributed by atoms with van der Waals surface area (Å²) in [5.74, 6) is 0.675. The fraction of sp³-hybridized carbons (Fsp3) is 0.0588. The third-order valence-electron chi connectivity index (χ3n) is 3.02. The van der Waals surface area contributed by atoms with Crippen LogP contribution >= 0.6 is 11.8 Å². The van der Waals surface area contributed by atoms with E-state index in [1.165, 1.54) is 11.8 Å². The average Bonchev–Trinajstić information content (AvgIpc) is 2.53. The summed E-state index contributed by atoms with van der Waals surface area (Å²) in [6.45, 7) is 0. The number of thioether (sulfide) groups is 1. The van der Waals surface area contributed by atoms with Crippen molar-refractivity contribution in [1.82, 2.24) is 4.98 Å². The Hall–Kier alpha value is -2.13. The van der Waals surface area contributed by atoms with E-state index in [2.05, 4.69) is 4.98 Å². The van der Waals surface area contributed by atoms with Gasteiger partial charge in [-0.05, 0) is 17.7 Å². The van der Waals surface area contributed by atoms with Crippen LogP contribution in [0.3, 0.4) is 0 Å². The normalized spacial score (nSPS) is 10.6. The van der Waals surface area contributed by atoms with E-state index >= 15 is 0 Å². The van der Waals surface area contributed by atoms with Crippen LogP contribution < -0.4 is 0 Å². The maximum atomic E-state index is 12.2. The van der Waals surface area contributed by atoms with E-state index in [1.807, 2.05) is 60.7 Å². The first-order valence-corrected chi connectivity index (χ1v) is 7.38. The van der Waals surface area contributed by atoms with Gasteiger partial charge in [0.2, 0.25) is 5.12 Å². The fourth-order valence-corrected chi connectivity index (χ4v) is 2.73. The standard InChI is InChI=1S/C17H13NOS/c19-17(20-12-13-6-2-1-3-7-13)16-11-10-14-8-4-5-9-15(14)18-16/h1-11H,12H2. The van der Waals surface area contributed by atoms with Crippen LogP contribution in [0.4, 0.5) is 0 Å². The molecule has 0 N–H and O–H groups in total. The lowest BCUT2D eigenvalue weighted by molar-refractivity contribution is 0.108. The predicted molar refractivity (Wildman–Crippen MR) is 83.8 cm³/mol. The molecular formula is C17H13NOS. The van der Waals surface area contributed by atoms with Crippen molar-refractivity contribution in [2.24, 2.45) is 0 Å². The highest BCUT2D eigenvalue weighted by atomic mass is 32.2. The lowest BCUT2D eigenvalue weighted by Crippen LogP contribution is -1.98. The molecule has 3 aromatic rings. The van der Waals surface area contributed by atoms with Crippen molar-refractivity contribution >= 4 is 27.8 Å². The number of hydrogen-bond acceptors (Lipinski definition) is 3. The highest BCUT2D eigenvalue weighted by Gasteiger charge is 2.09. The second kappa shape index (κ2) is 5.88. The molecule has 0 amide bonds. The van der Waals surface area contributed by atoms with Crippen molar-refractivity contribution in [3.8, 4) is 0 Å². The van der Waals surface area contributed by atoms with Gasteiger partial charge in [-0.2, -0.15) is 0 Å². The van der Waals surface area contributed by atoms with Gasteiger partial charge in [-0.1, -0.05) is 66.4 Å². The average molecular weight is 279 g/mol. The van der Waals surface area contributed by atoms with Gasteiger partial charge < -0.3 is 0 Å². The molecule has 0 saturated heterocycles. The van der Waals surface area contributed by atoms with Gasteiger partial charge in [-0.15, -0.1) is 0 Å². The van der Waals surface area contributed by atoms with Crippen molar-refractivity contribution in [2.45, 2.75) is 5.75 Å². The maximum Gasteiger partial charge on any atom is 0.238 e. The van der Waals surface area contributed by atoms with E-state index < -0.39 is 0 Å². The predicted octanol–water partition coefficient (Wildman–Crippen LogP) is 4.31. The summed E-state index contributed by atoms with van der Waals surface area (Å²) in [5, 5.41) is 1.07. The first-order valence-electron chi connectivity index (χ1n) is 6.40. The molecule has 1 heterocycles. The molecule has 3 heteroatoms. The summed E-state index contributed by atoms with van der Waals surface area (Å²) < 4.78 is 0. The van der Waals surface area contributed by atoms with E-state index in [1.54, 1.807) is 6.07 Å². The molecule has 0 bridgehead atoms. The van der Waals surface area contributed by atoms with Crippen LogP contribution in [0.15, 0.2) is 66.7 Å². The van der Waals surface area contributed by atoms with Gasteiger partial charge >= 0.3 is 0 Å². The molecule has 0 atom stereocenters. The van der Waals surface area contributed by atoms with Crippen LogP contribution in [-0.4, -0.2) is 10.1 Å². The Morgan fingerprint density at radius 1 is 0.900 bits per heavy atom. The second-order valence-electron chi connectivity index (χ2n) is 4.45. The summed E-state index contributed by atoms with van der Waals surface area (Å²) in [5.41, 5.74) is 2.52. The molecule has 0 unspecified atom stereocenters. The van der Waals surface area contributed by atoms with Gasteiger partial charge in [-0.25, -0.2) is 4.98 Å². The van der Waals surface area contributed by atoms with Gasteiger partial charge in [0.05, 0.1) is 5.52 Å². The lowest BCUT2D eigenvalue weighted by atomic mass is 10.2. The number of fused-ring (bicyclic) bond motifs is 1. The number of aromatic nitrogens is 1. The first kappa shape index (κ1) is 12.9. The SMILES string of the molecule is O=C(SCc1ccccc1)c1ccc2ccccc2n1. The van der Waals surface area contributed by atoms with Crippen LogP contribution in [0.5, 0.6) is 0 Å². The number of para-hydroxylation sites is 1. The van der Waals surface area contributed by atoms with E-state index in [4.69, 9.17) is 0 Å². The Morgan fingerprint density at radius 3 is 2.50 bits per heavy atom. The number of benzene rings is 2. The van der Waals surface area contributed by atoms with E-state index in [0.717, 1.165) is 16.5 Å². The zero-order valence-corrected chi connectivity index (χ0v) is 11.6. The van der Waals surface area contributed by atoms with Gasteiger partial charge in [0.1, 0.15) is 5.69 Å². The van der Waals surface area contributed by atoms with E-state index in [0.29, 0.717) is 11.4 Å². The Bertz CT molecular complexity index is 740. The third kappa shape index (κ3) is 2.89. The number of nitrogens with zero attached hydrogens (tertiary/aromatic N) is 1. The van der Waals surface area contributed by atoms with Crippen LogP contribution in [0, 0.1) is 0 Å². The summed E-state index contributed by atoms with van der Waals surface area (Å²) in [4.78, 5) is 16.6. The molecule has 0 aliphatic carbocycles. The monoisotopic (exact) mass is 279 g/mol. The quantitative estimate of drug-likeness (QED) is 0.715. The molecule has 0 aliphatic heterocycles. The van der Waals surface area contributed by atoms with Crippen LogP contribution in [0.2, 0.25) is 0 Å². The zero-order valence-electron chi connectivity index (χ0n) is 10.8. The van der Waals surface area contributed by atoms with Crippen molar-refractivity contribution in [3.05, 3.63) is 78.0 Å². The molecule has 0 aliphatic rings. The van der Waals surface area contributed by atoms with Gasteiger partial charge in [0.15, 0.2) is 0 Å². The summed E-state index contributed by atoms with van der Waals surface area (Å²) >= 11 is 1.29. The molecule has 0 radical (unpaired) electrons. The molecular weight excluding hydrogens is 266 g/mol. The second-order valence-corrected chi connectivity index (χ2v) is 5.40. The number of pyridine rings is 1. The third-order valence-corrected chi connectivity index (χ3v) is 3.97. The van der Waals surface area contributed by atoms with Crippen LogP contribution in [0.1, 0.15) is 16.1 Å². The largest absolute Gasteiger partial charge is 0.280 e. The van der Waals surface area contributed by atoms with Crippen molar-refractivity contribution in [1.29, 1.82) is 0 Å². The minimum absolute atomic E-state index is 0.0135. The Morgan fingerprint density at radius 2 is 1.65 bits per heavy atom. The maximum absolute atomic E-state index is 12.2. The molecule has 2 aromatic carbocycles. The minimum atomic E-state index is 0.0135. The Labute approximate surface area is 121 Å². The highest BCUT2D eigenvalue weighted by Crippen LogP contribution is 2.19. The minimum Gasteiger partial charge on any atom is -0.280 e. The molecule has 0 fully saturated rings. The number of carbonyl (C=O) groups is 1. The van der Waals surface area contributed by atoms with Gasteiger partial charge in [0, 0.05) is 11.1 Å². The van der Waals surface area contributed by atoms with Gasteiger partial charge in [-0.3, -0.25) is 4.79 Å². The molecule has 1 aromatic heterocycles. The summed E-state index contributed by atoms with van der Waals surface area (Å²) in [6, 6.07) is 21.5. The molecule has 2 nitrogen and oxygen atoms in total. The molecule has 3 rings (SSSR count). The first-order chi connectivity index (χ1) is 9.83. The number of rotatable bonds is 3. The fourth-order valence-electron chi connectivity index (χ4n) is 1.98. The van der Waals surface area contributed by atoms with E-state index in [-0.39, 0.29) is 5.12 Å². The highest BCUT2D eigenvalue weighted by molar-refractivity contribution is 8.13. The molecule has 98 valence electrons. The van der Waals surface area contributed by atoms with E-state index in [9.17, 15) is 4.79 Å².